The van der Waals surface area contributed by atoms with Gasteiger partial charge in [-0.25, -0.2) is 13.6 Å². The van der Waals surface area contributed by atoms with Crippen molar-refractivity contribution in [2.24, 2.45) is 28.6 Å². The van der Waals surface area contributed by atoms with Crippen LogP contribution in [0.3, 0.4) is 0 Å². The molecule has 0 bridgehead atoms. The minimum atomic E-state index is -2.13. The van der Waals surface area contributed by atoms with E-state index in [1.807, 2.05) is 16.4 Å². The van der Waals surface area contributed by atoms with Gasteiger partial charge in [-0.3, -0.25) is 24.0 Å². The van der Waals surface area contributed by atoms with Crippen molar-refractivity contribution >= 4 is 46.1 Å². The number of aliphatic hydroxyl groups is 2. The summed E-state index contributed by atoms with van der Waals surface area (Å²) in [6.07, 6.45) is 6.04. The third-order valence-electron chi connectivity index (χ3n) is 16.1. The lowest BCUT2D eigenvalue weighted by molar-refractivity contribution is -0.220. The van der Waals surface area contributed by atoms with Crippen LogP contribution in [0.2, 0.25) is 0 Å². The Hall–Kier alpha value is -5.08. The summed E-state index contributed by atoms with van der Waals surface area (Å²) in [6, 6.07) is 1.32. The number of carbonyl (C=O) groups excluding carboxylic acids is 5. The van der Waals surface area contributed by atoms with Crippen molar-refractivity contribution in [1.82, 2.24) is 9.88 Å². The van der Waals surface area contributed by atoms with Crippen LogP contribution in [0.25, 0.3) is 10.9 Å². The number of halogens is 2. The lowest BCUT2D eigenvalue weighted by Crippen LogP contribution is -2.69. The topological polar surface area (TPSA) is 218 Å². The van der Waals surface area contributed by atoms with E-state index in [1.54, 1.807) is 26.8 Å². The summed E-state index contributed by atoms with van der Waals surface area (Å²) in [5.74, 6) is -5.60. The predicted octanol–water partition coefficient (Wildman–Crippen LogP) is 4.26. The molecule has 1 aliphatic heterocycles. The molecule has 4 saturated carbocycles. The first-order valence-electron chi connectivity index (χ1n) is 24.4. The number of nitrogens with zero attached hydrogens (tertiary/aromatic N) is 2. The first kappa shape index (κ1) is 51.3. The fourth-order valence-corrected chi connectivity index (χ4v) is 12.4. The zero-order valence-corrected chi connectivity index (χ0v) is 40.5. The van der Waals surface area contributed by atoms with Gasteiger partial charge in [-0.2, -0.15) is 0 Å². The van der Waals surface area contributed by atoms with E-state index >= 15 is 8.78 Å². The second-order valence-electron chi connectivity index (χ2n) is 20.3. The molecule has 1 aromatic heterocycles. The molecule has 2 aromatic rings. The molecule has 5 aliphatic carbocycles. The molecule has 0 amide bonds. The molecule has 1 unspecified atom stereocenters. The van der Waals surface area contributed by atoms with E-state index in [4.69, 9.17) is 28.4 Å². The first-order valence-corrected chi connectivity index (χ1v) is 24.4. The average Bonchev–Trinajstić information content (AvgIpc) is 4.15. The molecular formula is C51H65F2N3O14. The maximum atomic E-state index is 17.5. The number of anilines is 1. The van der Waals surface area contributed by atoms with Crippen molar-refractivity contribution in [2.75, 3.05) is 77.9 Å². The van der Waals surface area contributed by atoms with Crippen LogP contribution < -0.4 is 20.4 Å². The Kier molecular flexibility index (Phi) is 14.8. The van der Waals surface area contributed by atoms with Crippen molar-refractivity contribution in [2.45, 2.75) is 109 Å². The number of piperazine rings is 1. The number of ether oxygens (including phenoxy) is 6. The van der Waals surface area contributed by atoms with Crippen LogP contribution in [0, 0.1) is 34.4 Å². The fraction of sp³-hybridized carbons (Fsp3) is 0.647. The van der Waals surface area contributed by atoms with Crippen LogP contribution in [-0.2, 0) is 42.9 Å². The summed E-state index contributed by atoms with van der Waals surface area (Å²) >= 11 is 0. The molecule has 0 radical (unpaired) electrons. The average molecular weight is 982 g/mol. The molecule has 382 valence electrons. The Morgan fingerprint density at radius 3 is 2.27 bits per heavy atom. The molecule has 2 heterocycles. The number of alkyl halides is 1. The Balaban J connectivity index is 0.725. The first-order chi connectivity index (χ1) is 33.3. The third kappa shape index (κ3) is 9.09. The number of Topliss-reactive ketones (excluding diaryl/α,β-unsaturated/α-hetero) is 1. The van der Waals surface area contributed by atoms with Crippen LogP contribution in [0.15, 0.2) is 40.9 Å². The van der Waals surface area contributed by atoms with Gasteiger partial charge in [0.1, 0.15) is 30.1 Å². The van der Waals surface area contributed by atoms with Crippen LogP contribution in [0.1, 0.15) is 95.5 Å². The second kappa shape index (κ2) is 20.2. The van der Waals surface area contributed by atoms with Gasteiger partial charge in [0.2, 0.25) is 11.2 Å². The van der Waals surface area contributed by atoms with Gasteiger partial charge in [0.15, 0.2) is 29.6 Å². The monoisotopic (exact) mass is 981 g/mol. The smallest absolute Gasteiger partial charge is 0.343 e. The van der Waals surface area contributed by atoms with Gasteiger partial charge in [0.05, 0.1) is 63.4 Å². The number of hydrogen-bond donors (Lipinski definition) is 3. The number of pyridine rings is 1. The van der Waals surface area contributed by atoms with E-state index in [-0.39, 0.29) is 92.7 Å². The van der Waals surface area contributed by atoms with Gasteiger partial charge >= 0.3 is 17.9 Å². The number of ketones is 2. The van der Waals surface area contributed by atoms with E-state index < -0.39 is 93.9 Å². The molecule has 9 atom stereocenters. The maximum Gasteiger partial charge on any atom is 0.343 e. The summed E-state index contributed by atoms with van der Waals surface area (Å²) in [5.41, 5.74) is -6.13. The van der Waals surface area contributed by atoms with Gasteiger partial charge < -0.3 is 53.4 Å². The lowest BCUT2D eigenvalue weighted by Gasteiger charge is -2.62. The van der Waals surface area contributed by atoms with E-state index in [0.717, 1.165) is 12.8 Å². The summed E-state index contributed by atoms with van der Waals surface area (Å²) < 4.78 is 67.4. The third-order valence-corrected chi connectivity index (χ3v) is 16.1. The van der Waals surface area contributed by atoms with E-state index in [1.165, 1.54) is 31.5 Å². The van der Waals surface area contributed by atoms with Gasteiger partial charge in [0.25, 0.3) is 0 Å². The van der Waals surface area contributed by atoms with Crippen molar-refractivity contribution in [3.05, 3.63) is 57.7 Å². The highest BCUT2D eigenvalue weighted by Gasteiger charge is 2.75. The van der Waals surface area contributed by atoms with Crippen LogP contribution >= 0.6 is 0 Å². The van der Waals surface area contributed by atoms with E-state index in [9.17, 15) is 39.0 Å². The standard InChI is InChI=1S/C51H65F2N3O14/c1-29-22-37-36-9-6-31-23-33(57)12-13-48(31,3)50(36,53)39(58)25-49(37,4)51(29,64)40(59)28-70-42(61)11-10-41(60)68-20-18-66-16-17-67-19-21-69-47(63)35-27-56(32-7-8-32)43-34(45(35)62)24-38(52)44(46(43)65-5)55-15-14-54-30(2)26-55/h12-13,23-24,27,29-30,32,36-37,39,54,58,64H,6-11,14-22,25-26,28H2,1-5H3/t29-,30?,36+,37+,39+,48+,49+,50+,51+/m0/s1. The van der Waals surface area contributed by atoms with Crippen LogP contribution in [-0.4, -0.2) is 141 Å². The molecule has 1 saturated heterocycles. The molecule has 17 nitrogen and oxygen atoms in total. The Bertz CT molecular complexity index is 2530. The number of hydrogen-bond acceptors (Lipinski definition) is 16. The number of carbonyl (C=O) groups is 5. The van der Waals surface area contributed by atoms with Crippen LogP contribution in [0.5, 0.6) is 5.75 Å². The zero-order valence-electron chi connectivity index (χ0n) is 40.5. The zero-order chi connectivity index (χ0) is 50.3. The molecule has 6 aliphatic rings. The van der Waals surface area contributed by atoms with E-state index in [2.05, 4.69) is 5.32 Å². The molecule has 5 fully saturated rings. The summed E-state index contributed by atoms with van der Waals surface area (Å²) in [4.78, 5) is 79.6. The number of methoxy groups -OCH3 is 1. The highest BCUT2D eigenvalue weighted by molar-refractivity contribution is 6.01. The Labute approximate surface area is 404 Å². The maximum absolute atomic E-state index is 17.5. The minimum Gasteiger partial charge on any atom is -0.492 e. The van der Waals surface area contributed by atoms with Gasteiger partial charge in [0, 0.05) is 54.7 Å². The molecule has 3 N–H and O–H groups in total. The number of benzene rings is 1. The number of allylic oxidation sites excluding steroid dienone is 4. The number of aliphatic hydroxyl groups excluding tert-OH is 1. The van der Waals surface area contributed by atoms with Crippen LogP contribution in [0.4, 0.5) is 14.5 Å². The van der Waals surface area contributed by atoms with Crippen molar-refractivity contribution < 1.29 is 71.4 Å². The second-order valence-corrected chi connectivity index (χ2v) is 20.3. The van der Waals surface area contributed by atoms with Gasteiger partial charge in [-0.05, 0) is 82.4 Å². The minimum absolute atomic E-state index is 0.00626. The SMILES string of the molecule is COc1c(N2CCNC(C)C2)c(F)cc2c(=O)c(C(=O)OCCOCCOCCOC(=O)CCC(=O)OCC(=O)[C@]3(O)[C@@H](C)C[C@@H]4[C@H]5CCC6=CC(=O)C=C[C@@]6(C)[C@]5(F)[C@H](O)C[C@]43C)cn(C3CC3)c12. The van der Waals surface area contributed by atoms with Gasteiger partial charge in [-0.1, -0.05) is 25.5 Å². The quantitative estimate of drug-likeness (QED) is 0.102. The summed E-state index contributed by atoms with van der Waals surface area (Å²) in [7, 11) is 1.45. The van der Waals surface area contributed by atoms with Crippen molar-refractivity contribution in [3.8, 4) is 5.75 Å². The van der Waals surface area contributed by atoms with Gasteiger partial charge in [-0.15, -0.1) is 0 Å². The van der Waals surface area contributed by atoms with Crippen molar-refractivity contribution in [3.63, 3.8) is 0 Å². The number of nitrogens with one attached hydrogen (secondary N) is 1. The number of fused-ring (bicyclic) bond motifs is 6. The summed E-state index contributed by atoms with van der Waals surface area (Å²) in [6.45, 7) is 8.05. The highest BCUT2D eigenvalue weighted by atomic mass is 19.1. The largest absolute Gasteiger partial charge is 0.492 e. The Morgan fingerprint density at radius 2 is 1.60 bits per heavy atom. The highest BCUT2D eigenvalue weighted by Crippen LogP contribution is 2.70. The Morgan fingerprint density at radius 1 is 0.929 bits per heavy atom. The molecular weight excluding hydrogens is 917 g/mol. The molecule has 0 spiro atoms. The molecule has 1 aromatic carbocycles. The molecule has 19 heteroatoms. The molecule has 70 heavy (non-hydrogen) atoms. The predicted molar refractivity (Wildman–Crippen MR) is 249 cm³/mol. The van der Waals surface area contributed by atoms with Crippen molar-refractivity contribution in [1.29, 1.82) is 0 Å². The summed E-state index contributed by atoms with van der Waals surface area (Å²) in [5, 5.41) is 27.1. The van der Waals surface area contributed by atoms with E-state index in [0.29, 0.717) is 50.0 Å². The molecule has 8 rings (SSSR count). The number of aromatic nitrogens is 1. The lowest BCUT2D eigenvalue weighted by atomic mass is 9.44. The fourth-order valence-electron chi connectivity index (χ4n) is 12.4. The number of esters is 3. The number of rotatable bonds is 19. The normalized spacial score (nSPS) is 31.3.